The second kappa shape index (κ2) is 10.8. The van der Waals surface area contributed by atoms with E-state index in [0.717, 1.165) is 12.0 Å². The highest BCUT2D eigenvalue weighted by Crippen LogP contribution is 2.26. The predicted octanol–water partition coefficient (Wildman–Crippen LogP) is 5.08. The molecular formula is C22H27F2NO3. The number of cyclic esters (lactones) is 1. The maximum absolute atomic E-state index is 12.9. The summed E-state index contributed by atoms with van der Waals surface area (Å²) in [5.41, 5.74) is 0.885. The Morgan fingerprint density at radius 2 is 1.68 bits per heavy atom. The summed E-state index contributed by atoms with van der Waals surface area (Å²) in [6, 6.07) is 14.0. The first-order valence-corrected chi connectivity index (χ1v) is 9.48. The Bertz CT molecular complexity index is 722. The van der Waals surface area contributed by atoms with E-state index in [1.165, 1.54) is 24.3 Å². The average Bonchev–Trinajstić information content (AvgIpc) is 2.68. The lowest BCUT2D eigenvalue weighted by Crippen LogP contribution is -2.43. The summed E-state index contributed by atoms with van der Waals surface area (Å²) < 4.78 is 30.3. The highest BCUT2D eigenvalue weighted by molar-refractivity contribution is 5.69. The van der Waals surface area contributed by atoms with Gasteiger partial charge < -0.3 is 14.7 Å². The van der Waals surface area contributed by atoms with E-state index in [4.69, 9.17) is 4.74 Å². The van der Waals surface area contributed by atoms with E-state index in [1.54, 1.807) is 42.2 Å². The van der Waals surface area contributed by atoms with Crippen LogP contribution in [0.5, 0.6) is 0 Å². The van der Waals surface area contributed by atoms with Crippen molar-refractivity contribution in [3.63, 3.8) is 0 Å². The van der Waals surface area contributed by atoms with E-state index in [9.17, 15) is 18.7 Å². The van der Waals surface area contributed by atoms with E-state index < -0.39 is 0 Å². The second-order valence-electron chi connectivity index (χ2n) is 6.94. The molecule has 0 bridgehead atoms. The molecule has 1 aliphatic rings. The molecule has 0 aliphatic carbocycles. The summed E-state index contributed by atoms with van der Waals surface area (Å²) in [5.74, 6) is -0.465. The number of amides is 1. The van der Waals surface area contributed by atoms with Crippen molar-refractivity contribution in [3.05, 3.63) is 71.8 Å². The summed E-state index contributed by atoms with van der Waals surface area (Å²) >= 11 is 0. The number of hydrogen-bond donors (Lipinski definition) is 1. The van der Waals surface area contributed by atoms with Crippen LogP contribution < -0.4 is 0 Å². The molecule has 6 heteroatoms. The highest BCUT2D eigenvalue weighted by Gasteiger charge is 2.30. The van der Waals surface area contributed by atoms with Crippen LogP contribution in [0, 0.1) is 11.6 Å². The lowest BCUT2D eigenvalue weighted by molar-refractivity contribution is 0.00465. The number of rotatable bonds is 5. The summed E-state index contributed by atoms with van der Waals surface area (Å²) in [5, 5.41) is 9.28. The van der Waals surface area contributed by atoms with Gasteiger partial charge in [-0.3, -0.25) is 0 Å². The molecule has 1 amide bonds. The zero-order valence-electron chi connectivity index (χ0n) is 16.2. The molecule has 3 rings (SSSR count). The molecule has 4 nitrogen and oxygen atoms in total. The number of ether oxygens (including phenoxy) is 1. The first-order valence-electron chi connectivity index (χ1n) is 9.48. The van der Waals surface area contributed by atoms with Gasteiger partial charge in [-0.25, -0.2) is 13.6 Å². The fourth-order valence-corrected chi connectivity index (χ4v) is 2.96. The second-order valence-corrected chi connectivity index (χ2v) is 6.94. The molecule has 1 aliphatic heterocycles. The van der Waals surface area contributed by atoms with Crippen LogP contribution in [0.25, 0.3) is 0 Å². The summed E-state index contributed by atoms with van der Waals surface area (Å²) in [7, 11) is 0. The van der Waals surface area contributed by atoms with Crippen molar-refractivity contribution < 1.29 is 23.4 Å². The standard InChI is InChI=1S/C16H22FNO3.C6H5F/c1-11(19)3-8-15-9-10-18(16(20)21-15)12(2)13-4-6-14(17)7-5-13;7-6-4-2-1-3-5-6/h4-7,11-12,15,19H,3,8-10H2,1-2H3;1-5H. The van der Waals surface area contributed by atoms with Crippen LogP contribution in [0.15, 0.2) is 54.6 Å². The number of halogens is 2. The molecule has 1 saturated heterocycles. The van der Waals surface area contributed by atoms with Gasteiger partial charge in [0, 0.05) is 13.0 Å². The minimum Gasteiger partial charge on any atom is -0.446 e. The van der Waals surface area contributed by atoms with Gasteiger partial charge in [0.2, 0.25) is 0 Å². The molecule has 3 unspecified atom stereocenters. The molecular weight excluding hydrogens is 364 g/mol. The third-order valence-electron chi connectivity index (χ3n) is 4.65. The molecule has 3 atom stereocenters. The largest absolute Gasteiger partial charge is 0.446 e. The molecule has 2 aromatic rings. The van der Waals surface area contributed by atoms with Gasteiger partial charge in [0.15, 0.2) is 0 Å². The van der Waals surface area contributed by atoms with Crippen molar-refractivity contribution in [1.29, 1.82) is 0 Å². The number of carbonyl (C=O) groups excluding carboxylic acids is 1. The van der Waals surface area contributed by atoms with Gasteiger partial charge in [0.05, 0.1) is 12.1 Å². The summed E-state index contributed by atoms with van der Waals surface area (Å²) in [6.07, 6.45) is 1.23. The fraction of sp³-hybridized carbons (Fsp3) is 0.409. The van der Waals surface area contributed by atoms with Crippen LogP contribution in [0.4, 0.5) is 13.6 Å². The Labute approximate surface area is 164 Å². The van der Waals surface area contributed by atoms with E-state index >= 15 is 0 Å². The van der Waals surface area contributed by atoms with Crippen molar-refractivity contribution in [1.82, 2.24) is 4.90 Å². The Morgan fingerprint density at radius 3 is 2.18 bits per heavy atom. The fourth-order valence-electron chi connectivity index (χ4n) is 2.96. The number of aliphatic hydroxyl groups is 1. The van der Waals surface area contributed by atoms with Crippen LogP contribution in [0.1, 0.15) is 44.7 Å². The van der Waals surface area contributed by atoms with Crippen molar-refractivity contribution in [2.75, 3.05) is 6.54 Å². The zero-order valence-corrected chi connectivity index (χ0v) is 16.2. The summed E-state index contributed by atoms with van der Waals surface area (Å²) in [4.78, 5) is 13.8. The molecule has 0 aromatic heterocycles. The number of benzene rings is 2. The van der Waals surface area contributed by atoms with Gasteiger partial charge >= 0.3 is 6.09 Å². The Hall–Kier alpha value is -2.47. The van der Waals surface area contributed by atoms with Crippen molar-refractivity contribution >= 4 is 6.09 Å². The molecule has 0 spiro atoms. The number of carbonyl (C=O) groups is 1. The number of nitrogens with zero attached hydrogens (tertiary/aromatic N) is 1. The van der Waals surface area contributed by atoms with Gasteiger partial charge in [-0.05, 0) is 56.5 Å². The SMILES string of the molecule is CC(O)CCC1CCN(C(C)c2ccc(F)cc2)C(=O)O1.Fc1ccccc1. The lowest BCUT2D eigenvalue weighted by atomic mass is 10.0. The minimum absolute atomic E-state index is 0.122. The van der Waals surface area contributed by atoms with E-state index in [2.05, 4.69) is 0 Å². The molecule has 152 valence electrons. The highest BCUT2D eigenvalue weighted by atomic mass is 19.1. The predicted molar refractivity (Wildman–Crippen MR) is 104 cm³/mol. The third kappa shape index (κ3) is 6.93. The first kappa shape index (κ1) is 21.8. The van der Waals surface area contributed by atoms with Crippen LogP contribution in [-0.2, 0) is 4.74 Å². The molecule has 0 saturated carbocycles. The third-order valence-corrected chi connectivity index (χ3v) is 4.65. The molecule has 28 heavy (non-hydrogen) atoms. The molecule has 0 radical (unpaired) electrons. The van der Waals surface area contributed by atoms with Crippen molar-refractivity contribution in [3.8, 4) is 0 Å². The molecule has 1 heterocycles. The van der Waals surface area contributed by atoms with Crippen LogP contribution in [-0.4, -0.2) is 34.9 Å². The first-order chi connectivity index (χ1) is 13.4. The average molecular weight is 391 g/mol. The summed E-state index contributed by atoms with van der Waals surface area (Å²) in [6.45, 7) is 4.25. The van der Waals surface area contributed by atoms with Gasteiger partial charge in [-0.2, -0.15) is 0 Å². The van der Waals surface area contributed by atoms with Crippen molar-refractivity contribution in [2.24, 2.45) is 0 Å². The topological polar surface area (TPSA) is 49.8 Å². The van der Waals surface area contributed by atoms with Gasteiger partial charge in [0.25, 0.3) is 0 Å². The van der Waals surface area contributed by atoms with Crippen LogP contribution in [0.2, 0.25) is 0 Å². The lowest BCUT2D eigenvalue weighted by Gasteiger charge is -2.36. The monoisotopic (exact) mass is 391 g/mol. The van der Waals surface area contributed by atoms with Crippen LogP contribution >= 0.6 is 0 Å². The van der Waals surface area contributed by atoms with E-state index in [-0.39, 0.29) is 36.0 Å². The zero-order chi connectivity index (χ0) is 20.5. The number of hydrogen-bond acceptors (Lipinski definition) is 3. The quantitative estimate of drug-likeness (QED) is 0.773. The molecule has 2 aromatic carbocycles. The Balaban J connectivity index is 0.000000336. The Kier molecular flexibility index (Phi) is 8.39. The van der Waals surface area contributed by atoms with Crippen LogP contribution in [0.3, 0.4) is 0 Å². The van der Waals surface area contributed by atoms with E-state index in [0.29, 0.717) is 19.4 Å². The maximum atomic E-state index is 12.9. The van der Waals surface area contributed by atoms with Gasteiger partial charge in [0.1, 0.15) is 17.7 Å². The van der Waals surface area contributed by atoms with Gasteiger partial charge in [-0.15, -0.1) is 0 Å². The smallest absolute Gasteiger partial charge is 0.410 e. The maximum Gasteiger partial charge on any atom is 0.410 e. The minimum atomic E-state index is -0.375. The van der Waals surface area contributed by atoms with Gasteiger partial charge in [-0.1, -0.05) is 30.3 Å². The molecule has 1 fully saturated rings. The Morgan fingerprint density at radius 1 is 1.07 bits per heavy atom. The van der Waals surface area contributed by atoms with E-state index in [1.807, 2.05) is 6.92 Å². The van der Waals surface area contributed by atoms with Crippen molar-refractivity contribution in [2.45, 2.75) is 51.4 Å². The normalized spacial score (nSPS) is 18.5. The number of aliphatic hydroxyl groups excluding tert-OH is 1. The molecule has 1 N–H and O–H groups in total.